The summed E-state index contributed by atoms with van der Waals surface area (Å²) in [6.45, 7) is -0.735. The first kappa shape index (κ1) is 8.66. The molecule has 142 valence electrons. The maximum Gasteiger partial charge on any atom is 0.160 e. The Labute approximate surface area is 175 Å². The standard InChI is InChI=1S/C22H30O4/c1-16-9-11-20(13-17(16)2)26-15-19(23)8-6-5-7-18-10-12-21(24-3)22(14-18)25-4/h9-14,19,23H,5-8,15H2,1-4H3/i5D2,8D2,9D,10D,11D,12D,13D,14D,15D2,19D. The Hall–Kier alpha value is -2.20. The number of benzene rings is 2. The van der Waals surface area contributed by atoms with Gasteiger partial charge in [0.15, 0.2) is 11.5 Å². The van der Waals surface area contributed by atoms with E-state index >= 15 is 0 Å². The van der Waals surface area contributed by atoms with E-state index in [4.69, 9.17) is 32.0 Å². The summed E-state index contributed by atoms with van der Waals surface area (Å²) < 4.78 is 121. The molecule has 2 rings (SSSR count). The molecule has 26 heavy (non-hydrogen) atoms. The fourth-order valence-electron chi connectivity index (χ4n) is 1.85. The first-order chi connectivity index (χ1) is 17.6. The first-order valence-corrected chi connectivity index (χ1v) is 7.77. The summed E-state index contributed by atoms with van der Waals surface area (Å²) in [4.78, 5) is 0. The molecule has 0 aromatic heterocycles. The molecule has 0 heterocycles. The Balaban J connectivity index is 2.47. The van der Waals surface area contributed by atoms with E-state index in [9.17, 15) is 5.11 Å². The van der Waals surface area contributed by atoms with E-state index in [1.165, 1.54) is 28.1 Å². The van der Waals surface area contributed by atoms with E-state index in [0.29, 0.717) is 0 Å². The third kappa shape index (κ3) is 5.95. The molecule has 1 unspecified atom stereocenters. The number of rotatable bonds is 10. The fourth-order valence-corrected chi connectivity index (χ4v) is 1.85. The Bertz CT molecular complexity index is 1230. The van der Waals surface area contributed by atoms with E-state index in [1.807, 2.05) is 0 Å². The van der Waals surface area contributed by atoms with Crippen molar-refractivity contribution < 1.29 is 37.1 Å². The zero-order valence-electron chi connectivity index (χ0n) is 28.1. The van der Waals surface area contributed by atoms with Crippen molar-refractivity contribution in [1.29, 1.82) is 0 Å². The van der Waals surface area contributed by atoms with Crippen molar-refractivity contribution in [1.82, 2.24) is 0 Å². The molecule has 0 bridgehead atoms. The minimum absolute atomic E-state index is 0.177. The monoisotopic (exact) mass is 371 g/mol. The summed E-state index contributed by atoms with van der Waals surface area (Å²) in [7, 11) is 2.38. The molecule has 0 saturated heterocycles. The molecular weight excluding hydrogens is 328 g/mol. The van der Waals surface area contributed by atoms with Gasteiger partial charge in [0.2, 0.25) is 0 Å². The highest BCUT2D eigenvalue weighted by Crippen LogP contribution is 2.28. The van der Waals surface area contributed by atoms with E-state index in [1.54, 1.807) is 0 Å². The third-order valence-electron chi connectivity index (χ3n) is 3.37. The lowest BCUT2D eigenvalue weighted by molar-refractivity contribution is 0.0976. The van der Waals surface area contributed by atoms with Crippen molar-refractivity contribution in [3.63, 3.8) is 0 Å². The molecule has 2 aromatic rings. The second-order valence-electron chi connectivity index (χ2n) is 5.21. The zero-order chi connectivity index (χ0) is 30.5. The molecule has 0 aliphatic heterocycles. The summed E-state index contributed by atoms with van der Waals surface area (Å²) in [6.07, 6.45) is -12.0. The lowest BCUT2D eigenvalue weighted by atomic mass is 10.0. The zero-order valence-corrected chi connectivity index (χ0v) is 15.1. The van der Waals surface area contributed by atoms with Crippen LogP contribution in [0.4, 0.5) is 0 Å². The molecule has 0 spiro atoms. The number of hydrogen-bond acceptors (Lipinski definition) is 4. The summed E-state index contributed by atoms with van der Waals surface area (Å²) in [5, 5.41) is 10.8. The van der Waals surface area contributed by atoms with Crippen molar-refractivity contribution in [3.05, 3.63) is 52.9 Å². The van der Waals surface area contributed by atoms with Crippen molar-refractivity contribution in [2.24, 2.45) is 0 Å². The summed E-state index contributed by atoms with van der Waals surface area (Å²) in [6, 6.07) is -3.14. The van der Waals surface area contributed by atoms with Crippen LogP contribution in [0.3, 0.4) is 0 Å². The van der Waals surface area contributed by atoms with Gasteiger partial charge in [-0.1, -0.05) is 18.5 Å². The van der Waals surface area contributed by atoms with Gasteiger partial charge >= 0.3 is 0 Å². The van der Waals surface area contributed by atoms with Gasteiger partial charge in [-0.15, -0.1) is 0 Å². The Kier molecular flexibility index (Phi) is 3.35. The van der Waals surface area contributed by atoms with Gasteiger partial charge in [-0.3, -0.25) is 0 Å². The Morgan fingerprint density at radius 3 is 2.58 bits per heavy atom. The normalized spacial score (nSPS) is 22.0. The van der Waals surface area contributed by atoms with Gasteiger partial charge in [-0.25, -0.2) is 0 Å². The molecular formula is C22H30O4. The van der Waals surface area contributed by atoms with Crippen molar-refractivity contribution in [3.8, 4) is 17.2 Å². The van der Waals surface area contributed by atoms with Crippen LogP contribution in [-0.4, -0.2) is 32.0 Å². The van der Waals surface area contributed by atoms with Crippen LogP contribution in [0, 0.1) is 13.8 Å². The molecule has 1 N–H and O–H groups in total. The average molecular weight is 372 g/mol. The molecule has 4 heteroatoms. The highest BCUT2D eigenvalue weighted by Gasteiger charge is 2.07. The molecule has 4 nitrogen and oxygen atoms in total. The van der Waals surface area contributed by atoms with E-state index < -0.39 is 74.2 Å². The van der Waals surface area contributed by atoms with E-state index in [2.05, 4.69) is 0 Å². The Morgan fingerprint density at radius 2 is 1.85 bits per heavy atom. The van der Waals surface area contributed by atoms with Gasteiger partial charge in [-0.2, -0.15) is 0 Å². The highest BCUT2D eigenvalue weighted by atomic mass is 16.5. The molecule has 0 aliphatic carbocycles. The number of methoxy groups -OCH3 is 2. The molecule has 0 fully saturated rings. The van der Waals surface area contributed by atoms with Crippen LogP contribution < -0.4 is 14.2 Å². The van der Waals surface area contributed by atoms with E-state index in [-0.39, 0.29) is 34.2 Å². The number of ether oxygens (including phenoxy) is 3. The van der Waals surface area contributed by atoms with Crippen molar-refractivity contribution in [2.75, 3.05) is 20.8 Å². The predicted molar refractivity (Wildman–Crippen MR) is 105 cm³/mol. The molecule has 2 aromatic carbocycles. The molecule has 0 radical (unpaired) electrons. The minimum Gasteiger partial charge on any atom is -0.493 e. The van der Waals surface area contributed by atoms with Gasteiger partial charge < -0.3 is 19.3 Å². The maximum atomic E-state index is 10.8. The third-order valence-corrected chi connectivity index (χ3v) is 3.37. The lowest BCUT2D eigenvalue weighted by Gasteiger charge is -2.13. The lowest BCUT2D eigenvalue weighted by Crippen LogP contribution is -2.17. The summed E-state index contributed by atoms with van der Waals surface area (Å²) in [5.74, 6) is -1.25. The Morgan fingerprint density at radius 1 is 1.08 bits per heavy atom. The number of aliphatic hydroxyl groups is 1. The van der Waals surface area contributed by atoms with Crippen LogP contribution in [0.15, 0.2) is 36.3 Å². The van der Waals surface area contributed by atoms with Crippen molar-refractivity contribution >= 4 is 0 Å². The number of hydrogen-bond donors (Lipinski definition) is 1. The SMILES string of the molecule is [2H]c1c([2H])c(OC([2H])([2H])C([2H])(O)C([2H])([2H])CC([2H])([2H])Cc2c([2H])c([2H])c(OC)c(OC)c2[2H])c([2H])c(C)c1C. The van der Waals surface area contributed by atoms with Crippen LogP contribution >= 0.6 is 0 Å². The van der Waals surface area contributed by atoms with Gasteiger partial charge in [0.25, 0.3) is 0 Å². The van der Waals surface area contributed by atoms with Gasteiger partial charge in [0.1, 0.15) is 12.3 Å². The highest BCUT2D eigenvalue weighted by molar-refractivity contribution is 5.42. The van der Waals surface area contributed by atoms with Crippen molar-refractivity contribution in [2.45, 2.75) is 45.5 Å². The van der Waals surface area contributed by atoms with Gasteiger partial charge in [0, 0.05) is 5.48 Å². The van der Waals surface area contributed by atoms with Crippen LogP contribution in [-0.2, 0) is 6.42 Å². The maximum absolute atomic E-state index is 10.8. The second-order valence-corrected chi connectivity index (χ2v) is 5.21. The average Bonchev–Trinajstić information content (AvgIpc) is 2.83. The van der Waals surface area contributed by atoms with Crippen LogP contribution in [0.2, 0.25) is 0 Å². The first-order valence-electron chi connectivity index (χ1n) is 14.3. The largest absolute Gasteiger partial charge is 0.493 e. The van der Waals surface area contributed by atoms with Crippen LogP contribution in [0.25, 0.3) is 0 Å². The quantitative estimate of drug-likeness (QED) is 0.669. The topological polar surface area (TPSA) is 47.9 Å². The predicted octanol–water partition coefficient (Wildman–Crippen LogP) is 4.47. The second kappa shape index (κ2) is 10.1. The molecule has 0 saturated carbocycles. The van der Waals surface area contributed by atoms with Gasteiger partial charge in [-0.05, 0) is 73.9 Å². The van der Waals surface area contributed by atoms with Crippen LogP contribution in [0.1, 0.15) is 53.7 Å². The van der Waals surface area contributed by atoms with E-state index in [0.717, 1.165) is 0 Å². The minimum atomic E-state index is -3.81. The smallest absolute Gasteiger partial charge is 0.160 e. The molecule has 0 amide bonds. The molecule has 0 aliphatic rings. The molecule has 1 atom stereocenters. The summed E-state index contributed by atoms with van der Waals surface area (Å²) in [5.41, 5.74) is 0.105. The van der Waals surface area contributed by atoms with Crippen LogP contribution in [0.5, 0.6) is 17.2 Å². The van der Waals surface area contributed by atoms with Gasteiger partial charge in [0.05, 0.1) is 32.6 Å². The fraction of sp³-hybridized carbons (Fsp3) is 0.455. The summed E-state index contributed by atoms with van der Waals surface area (Å²) >= 11 is 0.